The smallest absolute Gasteiger partial charge is 0.387 e. The lowest BCUT2D eigenvalue weighted by atomic mass is 10.2. The lowest BCUT2D eigenvalue weighted by Crippen LogP contribution is -2.38. The molecule has 150 valence electrons. The largest absolute Gasteiger partial charge is 0.434 e. The highest BCUT2D eigenvalue weighted by Crippen LogP contribution is 2.24. The van der Waals surface area contributed by atoms with Crippen molar-refractivity contribution < 1.29 is 17.9 Å². The van der Waals surface area contributed by atoms with Crippen molar-refractivity contribution in [3.63, 3.8) is 0 Å². The van der Waals surface area contributed by atoms with E-state index in [1.165, 1.54) is 18.2 Å². The van der Waals surface area contributed by atoms with Gasteiger partial charge in [-0.05, 0) is 31.5 Å². The van der Waals surface area contributed by atoms with Crippen molar-refractivity contribution >= 4 is 29.9 Å². The molecule has 2 aromatic rings. The van der Waals surface area contributed by atoms with Gasteiger partial charge in [-0.3, -0.25) is 4.68 Å². The molecule has 0 spiro atoms. The van der Waals surface area contributed by atoms with Crippen molar-refractivity contribution in [1.82, 2.24) is 20.4 Å². The fraction of sp³-hybridized carbons (Fsp3) is 0.412. The molecule has 0 aliphatic rings. The van der Waals surface area contributed by atoms with E-state index in [1.807, 2.05) is 23.9 Å². The molecule has 0 amide bonds. The van der Waals surface area contributed by atoms with Crippen LogP contribution in [0.3, 0.4) is 0 Å². The van der Waals surface area contributed by atoms with Gasteiger partial charge in [0.25, 0.3) is 0 Å². The van der Waals surface area contributed by atoms with Gasteiger partial charge >= 0.3 is 6.61 Å². The fourth-order valence-corrected chi connectivity index (χ4v) is 2.28. The second kappa shape index (κ2) is 12.4. The number of hydrogen-bond acceptors (Lipinski definition) is 3. The predicted octanol–water partition coefficient (Wildman–Crippen LogP) is 3.39. The standard InChI is InChI=1S/C17H22F3N5O.HI/c1-2-21-17(22-8-4-10-25-11-5-9-24-25)23-12-13-14(18)6-3-7-15(13)26-16(19)20;/h3,5-7,9,11,16H,2,4,8,10,12H2,1H3,(H2,21,22,23);1H. The van der Waals surface area contributed by atoms with Crippen LogP contribution in [-0.2, 0) is 13.1 Å². The molecule has 1 heterocycles. The molecule has 2 rings (SSSR count). The Hall–Kier alpha value is -1.98. The molecular weight excluding hydrogens is 474 g/mol. The summed E-state index contributed by atoms with van der Waals surface area (Å²) >= 11 is 0. The summed E-state index contributed by atoms with van der Waals surface area (Å²) in [6.07, 6.45) is 4.40. The molecule has 0 fully saturated rings. The lowest BCUT2D eigenvalue weighted by Gasteiger charge is -2.13. The molecule has 0 atom stereocenters. The summed E-state index contributed by atoms with van der Waals surface area (Å²) in [5, 5.41) is 10.3. The summed E-state index contributed by atoms with van der Waals surface area (Å²) < 4.78 is 45.1. The number of aromatic nitrogens is 2. The highest BCUT2D eigenvalue weighted by molar-refractivity contribution is 14.0. The molecule has 0 saturated heterocycles. The summed E-state index contributed by atoms with van der Waals surface area (Å²) in [5.74, 6) is -0.376. The minimum absolute atomic E-state index is 0. The van der Waals surface area contributed by atoms with Crippen LogP contribution in [-0.4, -0.2) is 35.4 Å². The maximum Gasteiger partial charge on any atom is 0.387 e. The van der Waals surface area contributed by atoms with Gasteiger partial charge in [0.2, 0.25) is 0 Å². The van der Waals surface area contributed by atoms with Crippen molar-refractivity contribution in [3.05, 3.63) is 48.0 Å². The highest BCUT2D eigenvalue weighted by atomic mass is 127. The van der Waals surface area contributed by atoms with Crippen LogP contribution in [0.4, 0.5) is 13.2 Å². The molecule has 27 heavy (non-hydrogen) atoms. The fourth-order valence-electron chi connectivity index (χ4n) is 2.28. The molecule has 0 bridgehead atoms. The zero-order valence-corrected chi connectivity index (χ0v) is 17.2. The van der Waals surface area contributed by atoms with Crippen LogP contribution < -0.4 is 15.4 Å². The number of aliphatic imine (C=N–C) groups is 1. The zero-order valence-electron chi connectivity index (χ0n) is 14.9. The number of nitrogens with one attached hydrogen (secondary N) is 2. The predicted molar refractivity (Wildman–Crippen MR) is 108 cm³/mol. The van der Waals surface area contributed by atoms with Crippen molar-refractivity contribution in [1.29, 1.82) is 0 Å². The van der Waals surface area contributed by atoms with E-state index < -0.39 is 12.4 Å². The number of ether oxygens (including phenoxy) is 1. The summed E-state index contributed by atoms with van der Waals surface area (Å²) in [4.78, 5) is 4.25. The summed E-state index contributed by atoms with van der Waals surface area (Å²) in [5.41, 5.74) is -0.0125. The maximum atomic E-state index is 14.0. The first-order valence-corrected chi connectivity index (χ1v) is 8.32. The second-order valence-electron chi connectivity index (χ2n) is 5.34. The van der Waals surface area contributed by atoms with Gasteiger partial charge in [0.15, 0.2) is 5.96 Å². The first kappa shape index (κ1) is 23.1. The summed E-state index contributed by atoms with van der Waals surface area (Å²) in [6, 6.07) is 5.66. The van der Waals surface area contributed by atoms with Crippen LogP contribution in [0.2, 0.25) is 0 Å². The van der Waals surface area contributed by atoms with E-state index in [4.69, 9.17) is 0 Å². The van der Waals surface area contributed by atoms with Gasteiger partial charge in [-0.15, -0.1) is 24.0 Å². The molecule has 0 unspecified atom stereocenters. The van der Waals surface area contributed by atoms with Gasteiger partial charge in [-0.1, -0.05) is 6.07 Å². The van der Waals surface area contributed by atoms with E-state index in [1.54, 1.807) is 6.20 Å². The van der Waals surface area contributed by atoms with E-state index >= 15 is 0 Å². The number of nitrogens with zero attached hydrogens (tertiary/aromatic N) is 3. The molecule has 0 aliphatic heterocycles. The van der Waals surface area contributed by atoms with Crippen LogP contribution in [0, 0.1) is 5.82 Å². The van der Waals surface area contributed by atoms with Crippen LogP contribution in [0.5, 0.6) is 5.75 Å². The Morgan fingerprint density at radius 2 is 2.11 bits per heavy atom. The van der Waals surface area contributed by atoms with E-state index in [9.17, 15) is 13.2 Å². The van der Waals surface area contributed by atoms with Crippen molar-refractivity contribution in [3.8, 4) is 5.75 Å². The number of hydrogen-bond donors (Lipinski definition) is 2. The molecule has 2 N–H and O–H groups in total. The number of guanidine groups is 1. The van der Waals surface area contributed by atoms with Crippen LogP contribution in [0.15, 0.2) is 41.7 Å². The minimum atomic E-state index is -3.02. The van der Waals surface area contributed by atoms with Crippen molar-refractivity contribution in [2.24, 2.45) is 4.99 Å². The zero-order chi connectivity index (χ0) is 18.8. The third-order valence-electron chi connectivity index (χ3n) is 3.45. The average Bonchev–Trinajstić information content (AvgIpc) is 3.11. The molecular formula is C17H23F3IN5O. The van der Waals surface area contributed by atoms with E-state index in [0.717, 1.165) is 13.0 Å². The molecule has 6 nitrogen and oxygen atoms in total. The van der Waals surface area contributed by atoms with Gasteiger partial charge in [-0.25, -0.2) is 9.38 Å². The Morgan fingerprint density at radius 3 is 2.78 bits per heavy atom. The highest BCUT2D eigenvalue weighted by Gasteiger charge is 2.13. The van der Waals surface area contributed by atoms with Gasteiger partial charge < -0.3 is 15.4 Å². The average molecular weight is 497 g/mol. The van der Waals surface area contributed by atoms with Gasteiger partial charge in [-0.2, -0.15) is 13.9 Å². The Labute approximate surface area is 173 Å². The van der Waals surface area contributed by atoms with Crippen LogP contribution in [0.25, 0.3) is 0 Å². The van der Waals surface area contributed by atoms with Gasteiger partial charge in [0, 0.05) is 32.0 Å². The van der Waals surface area contributed by atoms with Crippen LogP contribution >= 0.6 is 24.0 Å². The molecule has 1 aromatic carbocycles. The third kappa shape index (κ3) is 8.06. The number of halogens is 4. The van der Waals surface area contributed by atoms with Gasteiger partial charge in [0.1, 0.15) is 11.6 Å². The lowest BCUT2D eigenvalue weighted by molar-refractivity contribution is -0.0506. The van der Waals surface area contributed by atoms with Crippen LogP contribution in [0.1, 0.15) is 18.9 Å². The Morgan fingerprint density at radius 1 is 1.30 bits per heavy atom. The number of benzene rings is 1. The SMILES string of the molecule is CCNC(=NCc1c(F)cccc1OC(F)F)NCCCn1cccn1.I. The normalized spacial score (nSPS) is 11.2. The Bertz CT molecular complexity index is 698. The van der Waals surface area contributed by atoms with Crippen molar-refractivity contribution in [2.75, 3.05) is 13.1 Å². The Kier molecular flexibility index (Phi) is 10.6. The second-order valence-corrected chi connectivity index (χ2v) is 5.34. The van der Waals surface area contributed by atoms with Crippen molar-refractivity contribution in [2.45, 2.75) is 33.0 Å². The molecule has 0 aliphatic carbocycles. The molecule has 10 heteroatoms. The monoisotopic (exact) mass is 497 g/mol. The van der Waals surface area contributed by atoms with E-state index in [0.29, 0.717) is 19.0 Å². The third-order valence-corrected chi connectivity index (χ3v) is 3.45. The van der Waals surface area contributed by atoms with E-state index in [-0.39, 0.29) is 41.8 Å². The molecule has 0 saturated carbocycles. The van der Waals surface area contributed by atoms with Gasteiger partial charge in [0.05, 0.1) is 12.1 Å². The summed E-state index contributed by atoms with van der Waals surface area (Å²) in [6.45, 7) is 0.747. The number of rotatable bonds is 9. The first-order chi connectivity index (χ1) is 12.6. The number of alkyl halides is 2. The molecule has 1 aromatic heterocycles. The quantitative estimate of drug-likeness (QED) is 0.242. The molecule has 0 radical (unpaired) electrons. The minimum Gasteiger partial charge on any atom is -0.434 e. The summed E-state index contributed by atoms with van der Waals surface area (Å²) in [7, 11) is 0. The van der Waals surface area contributed by atoms with E-state index in [2.05, 4.69) is 25.5 Å². The topological polar surface area (TPSA) is 63.5 Å². The Balaban J connectivity index is 0.00000364. The number of aryl methyl sites for hydroxylation is 1. The first-order valence-electron chi connectivity index (χ1n) is 8.32. The maximum absolute atomic E-state index is 14.0.